The molecule has 2 aromatic rings. The van der Waals surface area contributed by atoms with Crippen LogP contribution in [-0.4, -0.2) is 11.7 Å². The van der Waals surface area contributed by atoms with E-state index in [0.29, 0.717) is 16.5 Å². The van der Waals surface area contributed by atoms with Gasteiger partial charge in [0.25, 0.3) is 0 Å². The van der Waals surface area contributed by atoms with Crippen molar-refractivity contribution >= 4 is 28.4 Å². The molecule has 2 rings (SSSR count). The summed E-state index contributed by atoms with van der Waals surface area (Å²) < 4.78 is 4.93. The summed E-state index contributed by atoms with van der Waals surface area (Å²) in [6, 6.07) is 7.78. The van der Waals surface area contributed by atoms with E-state index in [-0.39, 0.29) is 11.7 Å². The topological polar surface area (TPSA) is 47.3 Å². The van der Waals surface area contributed by atoms with Crippen molar-refractivity contribution in [1.29, 1.82) is 0 Å². The van der Waals surface area contributed by atoms with Crippen molar-refractivity contribution in [3.05, 3.63) is 46.3 Å². The molecular weight excluding hydrogens is 216 g/mol. The predicted molar refractivity (Wildman–Crippen MR) is 57.5 cm³/mol. The van der Waals surface area contributed by atoms with Gasteiger partial charge in [-0.05, 0) is 24.3 Å². The second-order valence-electron chi connectivity index (χ2n) is 3.06. The molecule has 0 aliphatic rings. The number of rotatable bonds is 2. The number of hydrogen-bond donors (Lipinski definition) is 0. The van der Waals surface area contributed by atoms with Gasteiger partial charge in [-0.25, -0.2) is 4.79 Å². The fourth-order valence-electron chi connectivity index (χ4n) is 1.32. The van der Waals surface area contributed by atoms with E-state index in [1.165, 1.54) is 6.07 Å². The lowest BCUT2D eigenvalue weighted by Crippen LogP contribution is -2.00. The van der Waals surface area contributed by atoms with Crippen LogP contribution < -0.4 is 5.63 Å². The van der Waals surface area contributed by atoms with Gasteiger partial charge in [0.2, 0.25) is 0 Å². The van der Waals surface area contributed by atoms with Gasteiger partial charge in [-0.15, -0.1) is 11.6 Å². The second-order valence-corrected chi connectivity index (χ2v) is 3.33. The molecule has 0 saturated heterocycles. The van der Waals surface area contributed by atoms with E-state index in [1.54, 1.807) is 24.3 Å². The Kier molecular flexibility index (Phi) is 2.56. The number of ketones is 1. The first-order chi connectivity index (χ1) is 7.20. The maximum absolute atomic E-state index is 11.3. The highest BCUT2D eigenvalue weighted by Crippen LogP contribution is 2.14. The van der Waals surface area contributed by atoms with Crippen molar-refractivity contribution in [1.82, 2.24) is 0 Å². The summed E-state index contributed by atoms with van der Waals surface area (Å²) in [5.41, 5.74) is 0.582. The minimum atomic E-state index is -0.404. The van der Waals surface area contributed by atoms with Crippen molar-refractivity contribution in [2.75, 3.05) is 5.88 Å². The fraction of sp³-hybridized carbons (Fsp3) is 0.0909. The van der Waals surface area contributed by atoms with E-state index >= 15 is 0 Å². The Morgan fingerprint density at radius 2 is 2.07 bits per heavy atom. The quantitative estimate of drug-likeness (QED) is 0.445. The molecule has 1 aromatic carbocycles. The van der Waals surface area contributed by atoms with Gasteiger partial charge < -0.3 is 4.42 Å². The largest absolute Gasteiger partial charge is 0.423 e. The maximum atomic E-state index is 11.3. The third-order valence-electron chi connectivity index (χ3n) is 2.06. The Morgan fingerprint density at radius 3 is 2.80 bits per heavy atom. The molecule has 0 amide bonds. The summed E-state index contributed by atoms with van der Waals surface area (Å²) in [5, 5.41) is 0.713. The molecule has 0 atom stereocenters. The summed E-state index contributed by atoms with van der Waals surface area (Å²) in [6.07, 6.45) is 0. The van der Waals surface area contributed by atoms with E-state index in [9.17, 15) is 9.59 Å². The normalized spacial score (nSPS) is 10.5. The number of fused-ring (bicyclic) bond motifs is 1. The van der Waals surface area contributed by atoms with Crippen molar-refractivity contribution in [2.24, 2.45) is 0 Å². The highest BCUT2D eigenvalue weighted by Gasteiger charge is 2.05. The molecule has 0 spiro atoms. The fourth-order valence-corrected chi connectivity index (χ4v) is 1.48. The van der Waals surface area contributed by atoms with Crippen LogP contribution >= 0.6 is 11.6 Å². The average molecular weight is 223 g/mol. The average Bonchev–Trinajstić information content (AvgIpc) is 2.27. The van der Waals surface area contributed by atoms with Gasteiger partial charge in [-0.1, -0.05) is 0 Å². The number of carbonyl (C=O) groups is 1. The molecule has 0 saturated carbocycles. The smallest absolute Gasteiger partial charge is 0.336 e. The maximum Gasteiger partial charge on any atom is 0.336 e. The summed E-state index contributed by atoms with van der Waals surface area (Å²) >= 11 is 5.44. The van der Waals surface area contributed by atoms with Gasteiger partial charge in [-0.2, -0.15) is 0 Å². The minimum absolute atomic E-state index is 0.0533. The van der Waals surface area contributed by atoms with Crippen LogP contribution in [0.4, 0.5) is 0 Å². The number of benzene rings is 1. The van der Waals surface area contributed by atoms with Crippen LogP contribution in [0.25, 0.3) is 11.0 Å². The van der Waals surface area contributed by atoms with Crippen LogP contribution in [-0.2, 0) is 0 Å². The van der Waals surface area contributed by atoms with Crippen molar-refractivity contribution in [3.8, 4) is 0 Å². The lowest BCUT2D eigenvalue weighted by molar-refractivity contribution is 0.102. The molecule has 0 fully saturated rings. The summed E-state index contributed by atoms with van der Waals surface area (Å²) in [6.45, 7) is 0. The zero-order valence-corrected chi connectivity index (χ0v) is 8.45. The first kappa shape index (κ1) is 9.93. The Balaban J connectivity index is 2.62. The molecule has 0 aliphatic carbocycles. The monoisotopic (exact) mass is 222 g/mol. The molecule has 1 aromatic heterocycles. The number of alkyl halides is 1. The molecule has 1 heterocycles. The van der Waals surface area contributed by atoms with E-state index in [4.69, 9.17) is 16.0 Å². The predicted octanol–water partition coefficient (Wildman–Crippen LogP) is 2.21. The van der Waals surface area contributed by atoms with Crippen LogP contribution in [0.2, 0.25) is 0 Å². The third kappa shape index (κ3) is 1.92. The standard InChI is InChI=1S/C11H7ClO3/c12-6-9(13)7-1-3-10-8(5-7)2-4-11(14)15-10/h1-5H,6H2. The van der Waals surface area contributed by atoms with E-state index in [2.05, 4.69) is 0 Å². The molecule has 76 valence electrons. The number of hydrogen-bond acceptors (Lipinski definition) is 3. The van der Waals surface area contributed by atoms with Crippen LogP contribution in [0.15, 0.2) is 39.5 Å². The summed E-state index contributed by atoms with van der Waals surface area (Å²) in [4.78, 5) is 22.2. The first-order valence-corrected chi connectivity index (χ1v) is 4.87. The zero-order valence-electron chi connectivity index (χ0n) is 7.70. The van der Waals surface area contributed by atoms with Crippen LogP contribution in [0.1, 0.15) is 10.4 Å². The lowest BCUT2D eigenvalue weighted by atomic mass is 10.1. The van der Waals surface area contributed by atoms with E-state index in [1.807, 2.05) is 0 Å². The van der Waals surface area contributed by atoms with Gasteiger partial charge in [0.1, 0.15) is 5.58 Å². The number of carbonyl (C=O) groups excluding carboxylic acids is 1. The van der Waals surface area contributed by atoms with Crippen LogP contribution in [0.5, 0.6) is 0 Å². The van der Waals surface area contributed by atoms with E-state index < -0.39 is 5.63 Å². The summed E-state index contributed by atoms with van der Waals surface area (Å²) in [5.74, 6) is -0.202. The highest BCUT2D eigenvalue weighted by molar-refractivity contribution is 6.30. The van der Waals surface area contributed by atoms with Crippen LogP contribution in [0, 0.1) is 0 Å². The van der Waals surface area contributed by atoms with Crippen molar-refractivity contribution < 1.29 is 9.21 Å². The van der Waals surface area contributed by atoms with E-state index in [0.717, 1.165) is 0 Å². The Hall–Kier alpha value is -1.61. The third-order valence-corrected chi connectivity index (χ3v) is 2.31. The van der Waals surface area contributed by atoms with Gasteiger partial charge in [0, 0.05) is 17.0 Å². The number of halogens is 1. The highest BCUT2D eigenvalue weighted by atomic mass is 35.5. The lowest BCUT2D eigenvalue weighted by Gasteiger charge is -1.99. The molecule has 0 N–H and O–H groups in total. The molecule has 0 unspecified atom stereocenters. The Morgan fingerprint density at radius 1 is 1.27 bits per heavy atom. The molecule has 0 aliphatic heterocycles. The molecule has 0 bridgehead atoms. The zero-order chi connectivity index (χ0) is 10.8. The van der Waals surface area contributed by atoms with Gasteiger partial charge >= 0.3 is 5.63 Å². The minimum Gasteiger partial charge on any atom is -0.423 e. The van der Waals surface area contributed by atoms with Crippen LogP contribution in [0.3, 0.4) is 0 Å². The molecule has 3 nitrogen and oxygen atoms in total. The Bertz CT molecular complexity index is 571. The molecule has 4 heteroatoms. The second kappa shape index (κ2) is 3.87. The van der Waals surface area contributed by atoms with Gasteiger partial charge in [-0.3, -0.25) is 4.79 Å². The first-order valence-electron chi connectivity index (χ1n) is 4.34. The van der Waals surface area contributed by atoms with Crippen molar-refractivity contribution in [2.45, 2.75) is 0 Å². The molecule has 0 radical (unpaired) electrons. The summed E-state index contributed by atoms with van der Waals surface area (Å²) in [7, 11) is 0. The molecular formula is C11H7ClO3. The van der Waals surface area contributed by atoms with Crippen molar-refractivity contribution in [3.63, 3.8) is 0 Å². The van der Waals surface area contributed by atoms with Gasteiger partial charge in [0.05, 0.1) is 5.88 Å². The molecule has 15 heavy (non-hydrogen) atoms. The Labute approximate surface area is 90.3 Å². The number of Topliss-reactive ketones (excluding diaryl/α,β-unsaturated/α-hetero) is 1. The SMILES string of the molecule is O=C(CCl)c1ccc2oc(=O)ccc2c1. The van der Waals surface area contributed by atoms with Gasteiger partial charge in [0.15, 0.2) is 5.78 Å².